The Hall–Kier alpha value is -1.39. The Bertz CT molecular complexity index is 488. The van der Waals surface area contributed by atoms with E-state index in [1.54, 1.807) is 24.3 Å². The maximum absolute atomic E-state index is 12.0. The standard InChI is InChI=1S/C18H26ClNO3/c1-2-3-4-5-6-11-23-18(22)13-16(20)12-17(21)14-7-9-15(19)10-8-14/h7-10,16H,2-6,11-13,20H2,1H3. The predicted molar refractivity (Wildman–Crippen MR) is 92.7 cm³/mol. The van der Waals surface area contributed by atoms with E-state index in [-0.39, 0.29) is 24.6 Å². The van der Waals surface area contributed by atoms with Crippen molar-refractivity contribution < 1.29 is 14.3 Å². The van der Waals surface area contributed by atoms with Gasteiger partial charge in [0.2, 0.25) is 0 Å². The molecule has 1 atom stereocenters. The number of ether oxygens (including phenoxy) is 1. The summed E-state index contributed by atoms with van der Waals surface area (Å²) in [7, 11) is 0. The van der Waals surface area contributed by atoms with Crippen LogP contribution >= 0.6 is 11.6 Å². The van der Waals surface area contributed by atoms with Crippen LogP contribution in [0.2, 0.25) is 5.02 Å². The van der Waals surface area contributed by atoms with Gasteiger partial charge in [-0.25, -0.2) is 0 Å². The highest BCUT2D eigenvalue weighted by atomic mass is 35.5. The minimum atomic E-state index is -0.522. The summed E-state index contributed by atoms with van der Waals surface area (Å²) in [4.78, 5) is 23.7. The maximum atomic E-state index is 12.0. The van der Waals surface area contributed by atoms with E-state index in [0.717, 1.165) is 12.8 Å². The number of unbranched alkanes of at least 4 members (excludes halogenated alkanes) is 4. The number of nitrogens with two attached hydrogens (primary N) is 1. The summed E-state index contributed by atoms with van der Waals surface area (Å²) in [5.74, 6) is -0.432. The maximum Gasteiger partial charge on any atom is 0.307 e. The molecule has 0 aromatic heterocycles. The molecule has 2 N–H and O–H groups in total. The zero-order valence-electron chi connectivity index (χ0n) is 13.7. The van der Waals surface area contributed by atoms with Crippen LogP contribution in [0.5, 0.6) is 0 Å². The molecule has 128 valence electrons. The van der Waals surface area contributed by atoms with E-state index in [1.807, 2.05) is 0 Å². The van der Waals surface area contributed by atoms with Crippen LogP contribution in [0, 0.1) is 0 Å². The first-order valence-corrected chi connectivity index (χ1v) is 8.60. The van der Waals surface area contributed by atoms with E-state index >= 15 is 0 Å². The third-order valence-electron chi connectivity index (χ3n) is 3.55. The summed E-state index contributed by atoms with van der Waals surface area (Å²) in [6, 6.07) is 6.11. The Kier molecular flexibility index (Phi) is 9.57. The lowest BCUT2D eigenvalue weighted by Crippen LogP contribution is -2.28. The highest BCUT2D eigenvalue weighted by Crippen LogP contribution is 2.12. The second-order valence-corrected chi connectivity index (χ2v) is 6.17. The molecule has 0 aliphatic rings. The normalized spacial score (nSPS) is 12.0. The van der Waals surface area contributed by atoms with E-state index in [0.29, 0.717) is 17.2 Å². The van der Waals surface area contributed by atoms with Gasteiger partial charge in [-0.3, -0.25) is 9.59 Å². The van der Waals surface area contributed by atoms with E-state index in [4.69, 9.17) is 22.1 Å². The number of carbonyl (C=O) groups excluding carboxylic acids is 2. The molecule has 1 rings (SSSR count). The van der Waals surface area contributed by atoms with Gasteiger partial charge in [0.1, 0.15) is 0 Å². The second-order valence-electron chi connectivity index (χ2n) is 5.73. The zero-order chi connectivity index (χ0) is 17.1. The molecule has 0 aliphatic heterocycles. The molecule has 0 saturated heterocycles. The third-order valence-corrected chi connectivity index (χ3v) is 3.81. The Morgan fingerprint density at radius 1 is 1.09 bits per heavy atom. The van der Waals surface area contributed by atoms with E-state index in [2.05, 4.69) is 6.92 Å². The van der Waals surface area contributed by atoms with Gasteiger partial charge in [0.25, 0.3) is 0 Å². The summed E-state index contributed by atoms with van der Waals surface area (Å²) in [5.41, 5.74) is 6.42. The van der Waals surface area contributed by atoms with Crippen molar-refractivity contribution in [3.05, 3.63) is 34.9 Å². The molecule has 0 heterocycles. The molecule has 23 heavy (non-hydrogen) atoms. The van der Waals surface area contributed by atoms with Crippen molar-refractivity contribution in [2.24, 2.45) is 5.73 Å². The smallest absolute Gasteiger partial charge is 0.307 e. The Labute approximate surface area is 143 Å². The predicted octanol–water partition coefficient (Wildman–Crippen LogP) is 4.14. The summed E-state index contributed by atoms with van der Waals surface area (Å²) >= 11 is 5.78. The van der Waals surface area contributed by atoms with Crippen LogP contribution in [0.4, 0.5) is 0 Å². The molecule has 0 bridgehead atoms. The number of rotatable bonds is 11. The van der Waals surface area contributed by atoms with Crippen molar-refractivity contribution in [2.45, 2.75) is 57.9 Å². The number of Topliss-reactive ketones (excluding diaryl/α,β-unsaturated/α-hetero) is 1. The molecule has 0 radical (unpaired) electrons. The van der Waals surface area contributed by atoms with Crippen molar-refractivity contribution in [2.75, 3.05) is 6.61 Å². The van der Waals surface area contributed by atoms with Crippen LogP contribution < -0.4 is 5.73 Å². The monoisotopic (exact) mass is 339 g/mol. The van der Waals surface area contributed by atoms with Crippen molar-refractivity contribution >= 4 is 23.4 Å². The number of hydrogen-bond acceptors (Lipinski definition) is 4. The first kappa shape index (κ1) is 19.7. The fourth-order valence-corrected chi connectivity index (χ4v) is 2.35. The molecule has 0 amide bonds. The first-order valence-electron chi connectivity index (χ1n) is 8.23. The van der Waals surface area contributed by atoms with Gasteiger partial charge >= 0.3 is 5.97 Å². The van der Waals surface area contributed by atoms with Crippen LogP contribution in [0.25, 0.3) is 0 Å². The molecule has 1 aromatic rings. The molecule has 0 fully saturated rings. The minimum absolute atomic E-state index is 0.0638. The van der Waals surface area contributed by atoms with Gasteiger partial charge in [-0.05, 0) is 30.7 Å². The average molecular weight is 340 g/mol. The summed E-state index contributed by atoms with van der Waals surface area (Å²) in [5, 5.41) is 0.577. The quantitative estimate of drug-likeness (QED) is 0.373. The highest BCUT2D eigenvalue weighted by Gasteiger charge is 2.16. The van der Waals surface area contributed by atoms with E-state index in [1.165, 1.54) is 19.3 Å². The lowest BCUT2D eigenvalue weighted by Gasteiger charge is -2.11. The number of carbonyl (C=O) groups is 2. The molecular weight excluding hydrogens is 314 g/mol. The number of halogens is 1. The van der Waals surface area contributed by atoms with E-state index in [9.17, 15) is 9.59 Å². The molecular formula is C18H26ClNO3. The van der Waals surface area contributed by atoms with Gasteiger partial charge in [0.05, 0.1) is 13.0 Å². The molecule has 0 aliphatic carbocycles. The van der Waals surface area contributed by atoms with Gasteiger partial charge in [-0.1, -0.05) is 44.2 Å². The molecule has 1 unspecified atom stereocenters. The van der Waals surface area contributed by atoms with Crippen LogP contribution in [-0.4, -0.2) is 24.4 Å². The van der Waals surface area contributed by atoms with Crippen LogP contribution in [-0.2, 0) is 9.53 Å². The zero-order valence-corrected chi connectivity index (χ0v) is 14.5. The molecule has 1 aromatic carbocycles. The average Bonchev–Trinajstić information content (AvgIpc) is 2.51. The van der Waals surface area contributed by atoms with Gasteiger partial charge in [-0.2, -0.15) is 0 Å². The van der Waals surface area contributed by atoms with Crippen LogP contribution in [0.3, 0.4) is 0 Å². The summed E-state index contributed by atoms with van der Waals surface area (Å²) < 4.78 is 5.15. The SMILES string of the molecule is CCCCCCCOC(=O)CC(N)CC(=O)c1ccc(Cl)cc1. The first-order chi connectivity index (χ1) is 11.0. The number of hydrogen-bond donors (Lipinski definition) is 1. The van der Waals surface area contributed by atoms with Crippen LogP contribution in [0.15, 0.2) is 24.3 Å². The van der Waals surface area contributed by atoms with Crippen molar-refractivity contribution in [1.29, 1.82) is 0 Å². The molecule has 5 heteroatoms. The van der Waals surface area contributed by atoms with Crippen molar-refractivity contribution in [1.82, 2.24) is 0 Å². The second kappa shape index (κ2) is 11.2. The summed E-state index contributed by atoms with van der Waals surface area (Å²) in [6.07, 6.45) is 5.71. The van der Waals surface area contributed by atoms with Crippen LogP contribution in [0.1, 0.15) is 62.2 Å². The number of benzene rings is 1. The Morgan fingerprint density at radius 3 is 2.39 bits per heavy atom. The van der Waals surface area contributed by atoms with Gasteiger partial charge in [0.15, 0.2) is 5.78 Å². The fourth-order valence-electron chi connectivity index (χ4n) is 2.23. The molecule has 4 nitrogen and oxygen atoms in total. The molecule has 0 saturated carbocycles. The fraction of sp³-hybridized carbons (Fsp3) is 0.556. The van der Waals surface area contributed by atoms with Gasteiger partial charge in [0, 0.05) is 23.0 Å². The number of ketones is 1. The van der Waals surface area contributed by atoms with Crippen molar-refractivity contribution in [3.8, 4) is 0 Å². The highest BCUT2D eigenvalue weighted by molar-refractivity contribution is 6.30. The number of esters is 1. The lowest BCUT2D eigenvalue weighted by atomic mass is 10.0. The Morgan fingerprint density at radius 2 is 1.74 bits per heavy atom. The Balaban J connectivity index is 2.22. The minimum Gasteiger partial charge on any atom is -0.466 e. The molecule has 0 spiro atoms. The largest absolute Gasteiger partial charge is 0.466 e. The third kappa shape index (κ3) is 8.72. The topological polar surface area (TPSA) is 69.4 Å². The summed E-state index contributed by atoms with van der Waals surface area (Å²) in [6.45, 7) is 2.59. The van der Waals surface area contributed by atoms with Gasteiger partial charge < -0.3 is 10.5 Å². The van der Waals surface area contributed by atoms with Crippen molar-refractivity contribution in [3.63, 3.8) is 0 Å². The lowest BCUT2D eigenvalue weighted by molar-refractivity contribution is -0.144. The van der Waals surface area contributed by atoms with E-state index < -0.39 is 6.04 Å². The van der Waals surface area contributed by atoms with Gasteiger partial charge in [-0.15, -0.1) is 0 Å².